The van der Waals surface area contributed by atoms with Crippen LogP contribution >= 0.6 is 15.9 Å². The van der Waals surface area contributed by atoms with E-state index in [0.29, 0.717) is 6.04 Å². The van der Waals surface area contributed by atoms with E-state index in [1.807, 2.05) is 13.1 Å². The predicted molar refractivity (Wildman–Crippen MR) is 78.8 cm³/mol. The number of hydrogen-bond donors (Lipinski definition) is 1. The molecule has 3 heteroatoms. The van der Waals surface area contributed by atoms with E-state index in [2.05, 4.69) is 59.4 Å². The van der Waals surface area contributed by atoms with Crippen LogP contribution in [0.3, 0.4) is 0 Å². The van der Waals surface area contributed by atoms with Crippen LogP contribution in [0.1, 0.15) is 18.2 Å². The number of rotatable bonds is 4. The van der Waals surface area contributed by atoms with Gasteiger partial charge in [0.1, 0.15) is 11.5 Å². The van der Waals surface area contributed by atoms with Crippen molar-refractivity contribution in [1.82, 2.24) is 5.32 Å². The molecule has 2 aromatic rings. The van der Waals surface area contributed by atoms with Crippen LogP contribution in [-0.4, -0.2) is 13.1 Å². The van der Waals surface area contributed by atoms with E-state index in [0.717, 1.165) is 28.0 Å². The Morgan fingerprint density at radius 1 is 1.28 bits per heavy atom. The Hall–Kier alpha value is -1.06. The topological polar surface area (TPSA) is 25.2 Å². The summed E-state index contributed by atoms with van der Waals surface area (Å²) in [5.74, 6) is 1.93. The molecule has 0 aliphatic heterocycles. The average molecular weight is 308 g/mol. The molecule has 0 aliphatic carbocycles. The lowest BCUT2D eigenvalue weighted by atomic mass is 10.1. The minimum atomic E-state index is 0.421. The fourth-order valence-electron chi connectivity index (χ4n) is 1.86. The fourth-order valence-corrected chi connectivity index (χ4v) is 2.31. The quantitative estimate of drug-likeness (QED) is 0.917. The van der Waals surface area contributed by atoms with Crippen molar-refractivity contribution >= 4 is 15.9 Å². The van der Waals surface area contributed by atoms with E-state index in [1.54, 1.807) is 0 Å². The molecule has 1 aromatic carbocycles. The molecule has 1 heterocycles. The summed E-state index contributed by atoms with van der Waals surface area (Å²) in [4.78, 5) is 0. The molecule has 0 bridgehead atoms. The Kier molecular flexibility index (Phi) is 4.25. The molecule has 0 spiro atoms. The highest BCUT2D eigenvalue weighted by Crippen LogP contribution is 2.30. The lowest BCUT2D eigenvalue weighted by Gasteiger charge is -2.07. The zero-order valence-corrected chi connectivity index (χ0v) is 12.5. The van der Waals surface area contributed by atoms with Gasteiger partial charge in [0.25, 0.3) is 0 Å². The first kappa shape index (κ1) is 13.4. The van der Waals surface area contributed by atoms with E-state index < -0.39 is 0 Å². The predicted octanol–water partition coefficient (Wildman–Crippen LogP) is 4.17. The molecule has 0 saturated carbocycles. The van der Waals surface area contributed by atoms with Crippen molar-refractivity contribution in [2.24, 2.45) is 0 Å². The largest absolute Gasteiger partial charge is 0.461 e. The van der Waals surface area contributed by atoms with Gasteiger partial charge in [-0.3, -0.25) is 0 Å². The highest BCUT2D eigenvalue weighted by Gasteiger charge is 2.10. The summed E-state index contributed by atoms with van der Waals surface area (Å²) < 4.78 is 6.97. The van der Waals surface area contributed by atoms with Crippen LogP contribution in [0.4, 0.5) is 0 Å². The summed E-state index contributed by atoms with van der Waals surface area (Å²) in [5.41, 5.74) is 2.34. The summed E-state index contributed by atoms with van der Waals surface area (Å²) in [7, 11) is 1.96. The number of nitrogens with one attached hydrogen (secondary N) is 1. The second-order valence-corrected chi connectivity index (χ2v) is 5.50. The molecular formula is C15H18BrNO. The minimum Gasteiger partial charge on any atom is -0.461 e. The van der Waals surface area contributed by atoms with E-state index in [9.17, 15) is 0 Å². The maximum Gasteiger partial charge on any atom is 0.135 e. The molecule has 1 atom stereocenters. The zero-order valence-electron chi connectivity index (χ0n) is 11.0. The third-order valence-electron chi connectivity index (χ3n) is 3.05. The highest BCUT2D eigenvalue weighted by atomic mass is 79.9. The molecule has 1 aromatic heterocycles. The molecule has 0 amide bonds. The summed E-state index contributed by atoms with van der Waals surface area (Å²) in [6, 6.07) is 10.8. The van der Waals surface area contributed by atoms with Gasteiger partial charge in [0.15, 0.2) is 0 Å². The monoisotopic (exact) mass is 307 g/mol. The second-order valence-electron chi connectivity index (χ2n) is 4.64. The number of hydrogen-bond acceptors (Lipinski definition) is 2. The van der Waals surface area contributed by atoms with Gasteiger partial charge in [-0.15, -0.1) is 0 Å². The van der Waals surface area contributed by atoms with Crippen molar-refractivity contribution in [3.63, 3.8) is 0 Å². The van der Waals surface area contributed by atoms with Crippen LogP contribution < -0.4 is 5.32 Å². The first-order valence-corrected chi connectivity index (χ1v) is 6.92. The van der Waals surface area contributed by atoms with Crippen molar-refractivity contribution < 1.29 is 4.42 Å². The minimum absolute atomic E-state index is 0.421. The second kappa shape index (κ2) is 5.72. The Morgan fingerprint density at radius 2 is 2.06 bits per heavy atom. The smallest absolute Gasteiger partial charge is 0.135 e. The summed E-state index contributed by atoms with van der Waals surface area (Å²) in [5, 5.41) is 3.21. The van der Waals surface area contributed by atoms with Gasteiger partial charge in [-0.1, -0.05) is 27.6 Å². The van der Waals surface area contributed by atoms with Gasteiger partial charge in [-0.2, -0.15) is 0 Å². The van der Waals surface area contributed by atoms with Crippen molar-refractivity contribution in [3.8, 4) is 11.3 Å². The van der Waals surface area contributed by atoms with Crippen molar-refractivity contribution in [2.75, 3.05) is 7.05 Å². The lowest BCUT2D eigenvalue weighted by molar-refractivity contribution is 0.481. The van der Waals surface area contributed by atoms with Gasteiger partial charge in [0.05, 0.1) is 0 Å². The number of aryl methyl sites for hydroxylation is 1. The van der Waals surface area contributed by atoms with E-state index in [1.165, 1.54) is 5.56 Å². The van der Waals surface area contributed by atoms with Gasteiger partial charge >= 0.3 is 0 Å². The van der Waals surface area contributed by atoms with Gasteiger partial charge in [-0.25, -0.2) is 0 Å². The van der Waals surface area contributed by atoms with Crippen LogP contribution in [0.2, 0.25) is 0 Å². The summed E-state index contributed by atoms with van der Waals surface area (Å²) >= 11 is 3.57. The van der Waals surface area contributed by atoms with Crippen molar-refractivity contribution in [3.05, 3.63) is 46.1 Å². The number of halogens is 1. The van der Waals surface area contributed by atoms with Crippen molar-refractivity contribution in [2.45, 2.75) is 26.3 Å². The fraction of sp³-hybridized carbons (Fsp3) is 0.333. The number of furan rings is 1. The van der Waals surface area contributed by atoms with E-state index in [4.69, 9.17) is 4.42 Å². The average Bonchev–Trinajstić information content (AvgIpc) is 2.80. The highest BCUT2D eigenvalue weighted by molar-refractivity contribution is 9.10. The Balaban J connectivity index is 2.26. The Labute approximate surface area is 117 Å². The molecule has 0 aliphatic rings. The lowest BCUT2D eigenvalue weighted by Crippen LogP contribution is -2.23. The van der Waals surface area contributed by atoms with E-state index in [-0.39, 0.29) is 0 Å². The third kappa shape index (κ3) is 3.03. The van der Waals surface area contributed by atoms with Gasteiger partial charge in [-0.05, 0) is 45.2 Å². The molecule has 1 N–H and O–H groups in total. The SMILES string of the molecule is CNC(C)Cc1ccc(-c2cc(C)ccc2Br)o1. The molecule has 0 fully saturated rings. The van der Waals surface area contributed by atoms with Crippen molar-refractivity contribution in [1.29, 1.82) is 0 Å². The van der Waals surface area contributed by atoms with Gasteiger partial charge in [0.2, 0.25) is 0 Å². The van der Waals surface area contributed by atoms with Crippen LogP contribution in [0.25, 0.3) is 11.3 Å². The molecule has 1 unspecified atom stereocenters. The van der Waals surface area contributed by atoms with Gasteiger partial charge in [0, 0.05) is 22.5 Å². The van der Waals surface area contributed by atoms with Crippen LogP contribution in [0.5, 0.6) is 0 Å². The Morgan fingerprint density at radius 3 is 2.78 bits per heavy atom. The molecule has 2 rings (SSSR count). The van der Waals surface area contributed by atoms with Crippen LogP contribution in [-0.2, 0) is 6.42 Å². The summed E-state index contributed by atoms with van der Waals surface area (Å²) in [6.45, 7) is 4.23. The maximum atomic E-state index is 5.91. The Bertz CT molecular complexity index is 533. The van der Waals surface area contributed by atoms with Crippen LogP contribution in [0, 0.1) is 6.92 Å². The molecule has 2 nitrogen and oxygen atoms in total. The van der Waals surface area contributed by atoms with Gasteiger partial charge < -0.3 is 9.73 Å². The molecular weight excluding hydrogens is 290 g/mol. The zero-order chi connectivity index (χ0) is 13.1. The molecule has 0 saturated heterocycles. The first-order valence-electron chi connectivity index (χ1n) is 6.12. The molecule has 0 radical (unpaired) electrons. The normalized spacial score (nSPS) is 12.7. The molecule has 18 heavy (non-hydrogen) atoms. The summed E-state index contributed by atoms with van der Waals surface area (Å²) in [6.07, 6.45) is 0.903. The first-order chi connectivity index (χ1) is 8.60. The third-order valence-corrected chi connectivity index (χ3v) is 3.74. The number of likely N-dealkylation sites (N-methyl/N-ethyl adjacent to an activating group) is 1. The molecule has 96 valence electrons. The van der Waals surface area contributed by atoms with E-state index >= 15 is 0 Å². The number of benzene rings is 1. The van der Waals surface area contributed by atoms with Crippen LogP contribution in [0.15, 0.2) is 39.2 Å². The maximum absolute atomic E-state index is 5.91. The standard InChI is InChI=1S/C15H18BrNO/c1-10-4-6-14(16)13(8-10)15-7-5-12(18-15)9-11(2)17-3/h4-8,11,17H,9H2,1-3H3.